The van der Waals surface area contributed by atoms with E-state index in [2.05, 4.69) is 0 Å². The van der Waals surface area contributed by atoms with Gasteiger partial charge >= 0.3 is 0 Å². The lowest BCUT2D eigenvalue weighted by molar-refractivity contribution is -0.384. The molecule has 9 nitrogen and oxygen atoms in total. The highest BCUT2D eigenvalue weighted by molar-refractivity contribution is 6.23. The Morgan fingerprint density at radius 2 is 1.74 bits per heavy atom. The number of amides is 2. The summed E-state index contributed by atoms with van der Waals surface area (Å²) in [6.45, 7) is -0.524. The number of hydrogen-bond donors (Lipinski definition) is 0. The fraction of sp³-hybridized carbons (Fsp3) is 0.167. The van der Waals surface area contributed by atoms with Crippen LogP contribution in [0, 0.1) is 10.1 Å². The molecular weight excluding hydrogens is 356 g/mol. The Kier molecular flexibility index (Phi) is 4.59. The van der Waals surface area contributed by atoms with Crippen molar-refractivity contribution in [1.82, 2.24) is 4.90 Å². The van der Waals surface area contributed by atoms with Crippen molar-refractivity contribution in [3.63, 3.8) is 0 Å². The van der Waals surface area contributed by atoms with Crippen molar-refractivity contribution in [2.24, 2.45) is 0 Å². The number of imide groups is 1. The van der Waals surface area contributed by atoms with Gasteiger partial charge in [0.25, 0.3) is 17.5 Å². The number of nitro groups is 1. The summed E-state index contributed by atoms with van der Waals surface area (Å²) in [7, 11) is 2.83. The summed E-state index contributed by atoms with van der Waals surface area (Å²) in [5, 5.41) is 10.9. The molecule has 2 aromatic rings. The smallest absolute Gasteiger partial charge is 0.270 e. The molecule has 0 fully saturated rings. The molecule has 2 amide bonds. The average molecular weight is 370 g/mol. The van der Waals surface area contributed by atoms with Crippen LogP contribution in [-0.2, 0) is 0 Å². The summed E-state index contributed by atoms with van der Waals surface area (Å²) in [6.07, 6.45) is 0. The molecule has 0 bridgehead atoms. The molecule has 9 heteroatoms. The number of fused-ring (bicyclic) bond motifs is 1. The summed E-state index contributed by atoms with van der Waals surface area (Å²) in [6, 6.07) is 7.98. The summed E-state index contributed by atoms with van der Waals surface area (Å²) < 4.78 is 10.2. The third-order valence-corrected chi connectivity index (χ3v) is 4.17. The number of Topliss-reactive ketones (excluding diaryl/α,β-unsaturated/α-hetero) is 1. The second kappa shape index (κ2) is 6.87. The van der Waals surface area contributed by atoms with E-state index in [-0.39, 0.29) is 28.1 Å². The zero-order chi connectivity index (χ0) is 19.7. The molecule has 0 N–H and O–H groups in total. The number of nitrogens with zero attached hydrogens (tertiary/aromatic N) is 2. The van der Waals surface area contributed by atoms with Gasteiger partial charge in [0.15, 0.2) is 5.78 Å². The number of hydrogen-bond acceptors (Lipinski definition) is 7. The summed E-state index contributed by atoms with van der Waals surface area (Å²) in [4.78, 5) is 48.6. The van der Waals surface area contributed by atoms with E-state index in [0.717, 1.165) is 17.0 Å². The Labute approximate surface area is 153 Å². The van der Waals surface area contributed by atoms with Crippen molar-refractivity contribution in [3.05, 3.63) is 63.2 Å². The third kappa shape index (κ3) is 3.10. The fourth-order valence-electron chi connectivity index (χ4n) is 2.80. The van der Waals surface area contributed by atoms with Crippen LogP contribution in [0.2, 0.25) is 0 Å². The van der Waals surface area contributed by atoms with E-state index in [0.29, 0.717) is 5.75 Å². The van der Waals surface area contributed by atoms with E-state index in [1.165, 1.54) is 32.4 Å². The maximum Gasteiger partial charge on any atom is 0.270 e. The molecule has 1 aliphatic rings. The predicted octanol–water partition coefficient (Wildman–Crippen LogP) is 2.09. The van der Waals surface area contributed by atoms with Crippen LogP contribution in [0.1, 0.15) is 31.1 Å². The maximum absolute atomic E-state index is 12.7. The summed E-state index contributed by atoms with van der Waals surface area (Å²) in [5.74, 6) is -1.28. The van der Waals surface area contributed by atoms with Crippen LogP contribution in [0.3, 0.4) is 0 Å². The van der Waals surface area contributed by atoms with Gasteiger partial charge in [-0.25, -0.2) is 0 Å². The monoisotopic (exact) mass is 370 g/mol. The molecule has 3 rings (SSSR count). The first-order chi connectivity index (χ1) is 12.9. The van der Waals surface area contributed by atoms with E-state index in [9.17, 15) is 24.5 Å². The SMILES string of the molecule is COc1ccc(OC)c(C(=O)CN2C(=O)c3ccc([N+](=O)[O-])cc3C2=O)c1. The van der Waals surface area contributed by atoms with Gasteiger partial charge in [-0.15, -0.1) is 0 Å². The molecule has 138 valence electrons. The summed E-state index contributed by atoms with van der Waals surface area (Å²) >= 11 is 0. The Balaban J connectivity index is 1.90. The molecule has 27 heavy (non-hydrogen) atoms. The van der Waals surface area contributed by atoms with Crippen molar-refractivity contribution in [1.29, 1.82) is 0 Å². The first-order valence-corrected chi connectivity index (χ1v) is 7.77. The second-order valence-electron chi connectivity index (χ2n) is 5.67. The number of carbonyl (C=O) groups is 3. The van der Waals surface area contributed by atoms with Crippen molar-refractivity contribution in [3.8, 4) is 11.5 Å². The number of methoxy groups -OCH3 is 2. The molecule has 1 heterocycles. The first kappa shape index (κ1) is 18.1. The molecule has 0 radical (unpaired) electrons. The standard InChI is InChI=1S/C18H14N2O7/c1-26-11-4-6-16(27-2)14(8-11)15(21)9-19-17(22)12-5-3-10(20(24)25)7-13(12)18(19)23/h3-8H,9H2,1-2H3. The van der Waals surface area contributed by atoms with E-state index in [1.807, 2.05) is 0 Å². The third-order valence-electron chi connectivity index (χ3n) is 4.17. The van der Waals surface area contributed by atoms with Gasteiger partial charge in [-0.3, -0.25) is 29.4 Å². The molecular formula is C18H14N2O7. The number of carbonyl (C=O) groups excluding carboxylic acids is 3. The molecule has 0 saturated heterocycles. The average Bonchev–Trinajstić information content (AvgIpc) is 2.91. The van der Waals surface area contributed by atoms with E-state index >= 15 is 0 Å². The first-order valence-electron chi connectivity index (χ1n) is 7.77. The van der Waals surface area contributed by atoms with Crippen molar-refractivity contribution >= 4 is 23.3 Å². The van der Waals surface area contributed by atoms with E-state index < -0.39 is 29.1 Å². The summed E-state index contributed by atoms with van der Waals surface area (Å²) in [5.41, 5.74) is -0.229. The van der Waals surface area contributed by atoms with Gasteiger partial charge in [0.2, 0.25) is 0 Å². The van der Waals surface area contributed by atoms with Crippen molar-refractivity contribution in [2.45, 2.75) is 0 Å². The zero-order valence-corrected chi connectivity index (χ0v) is 14.4. The molecule has 0 unspecified atom stereocenters. The molecule has 2 aromatic carbocycles. The minimum absolute atomic E-state index is 0.0241. The van der Waals surface area contributed by atoms with Crippen LogP contribution < -0.4 is 9.47 Å². The highest BCUT2D eigenvalue weighted by Gasteiger charge is 2.38. The molecule has 0 aliphatic carbocycles. The molecule has 0 saturated carbocycles. The minimum atomic E-state index is -0.756. The number of non-ortho nitro benzene ring substituents is 1. The lowest BCUT2D eigenvalue weighted by atomic mass is 10.1. The lowest BCUT2D eigenvalue weighted by Crippen LogP contribution is -2.35. The van der Waals surface area contributed by atoms with Crippen LogP contribution in [0.5, 0.6) is 11.5 Å². The number of nitro benzene ring substituents is 1. The number of benzene rings is 2. The highest BCUT2D eigenvalue weighted by Crippen LogP contribution is 2.29. The van der Waals surface area contributed by atoms with Gasteiger partial charge < -0.3 is 9.47 Å². The van der Waals surface area contributed by atoms with Gasteiger partial charge in [-0.2, -0.15) is 0 Å². The normalized spacial score (nSPS) is 12.7. The van der Waals surface area contributed by atoms with Gasteiger partial charge in [0.1, 0.15) is 11.5 Å². The maximum atomic E-state index is 12.7. The van der Waals surface area contributed by atoms with Crippen LogP contribution in [-0.4, -0.2) is 48.2 Å². The van der Waals surface area contributed by atoms with Gasteiger partial charge in [0.05, 0.1) is 42.4 Å². The molecule has 0 aromatic heterocycles. The number of ketones is 1. The zero-order valence-electron chi connectivity index (χ0n) is 14.4. The van der Waals surface area contributed by atoms with E-state index in [4.69, 9.17) is 9.47 Å². The quantitative estimate of drug-likeness (QED) is 0.331. The van der Waals surface area contributed by atoms with Crippen molar-refractivity contribution in [2.75, 3.05) is 20.8 Å². The fourth-order valence-corrected chi connectivity index (χ4v) is 2.80. The predicted molar refractivity (Wildman–Crippen MR) is 92.3 cm³/mol. The molecule has 0 spiro atoms. The van der Waals surface area contributed by atoms with Gasteiger partial charge in [-0.1, -0.05) is 0 Å². The van der Waals surface area contributed by atoms with Gasteiger partial charge in [-0.05, 0) is 24.3 Å². The van der Waals surface area contributed by atoms with E-state index in [1.54, 1.807) is 6.07 Å². The van der Waals surface area contributed by atoms with Crippen LogP contribution in [0.25, 0.3) is 0 Å². The Morgan fingerprint density at radius 1 is 1.04 bits per heavy atom. The minimum Gasteiger partial charge on any atom is -0.497 e. The number of rotatable bonds is 6. The van der Waals surface area contributed by atoms with Gasteiger partial charge in [0, 0.05) is 12.1 Å². The van der Waals surface area contributed by atoms with Crippen molar-refractivity contribution < 1.29 is 28.8 Å². The topological polar surface area (TPSA) is 116 Å². The van der Waals surface area contributed by atoms with Crippen LogP contribution in [0.15, 0.2) is 36.4 Å². The highest BCUT2D eigenvalue weighted by atomic mass is 16.6. The second-order valence-corrected chi connectivity index (χ2v) is 5.67. The Morgan fingerprint density at radius 3 is 2.37 bits per heavy atom. The largest absolute Gasteiger partial charge is 0.497 e. The van der Waals surface area contributed by atoms with Crippen LogP contribution in [0.4, 0.5) is 5.69 Å². The van der Waals surface area contributed by atoms with Crippen LogP contribution >= 0.6 is 0 Å². The Bertz CT molecular complexity index is 984. The molecule has 1 aliphatic heterocycles. The Hall–Kier alpha value is -3.75. The lowest BCUT2D eigenvalue weighted by Gasteiger charge is -2.15. The molecule has 0 atom stereocenters. The number of ether oxygens (including phenoxy) is 2.